The van der Waals surface area contributed by atoms with Crippen LogP contribution >= 0.6 is 11.9 Å². The summed E-state index contributed by atoms with van der Waals surface area (Å²) in [5.74, 6) is 0. The normalized spacial score (nSPS) is 12.0. The third-order valence-corrected chi connectivity index (χ3v) is 4.67. The van der Waals surface area contributed by atoms with Crippen molar-refractivity contribution in [1.29, 1.82) is 0 Å². The highest BCUT2D eigenvalue weighted by Crippen LogP contribution is 2.15. The highest BCUT2D eigenvalue weighted by atomic mass is 35.5. The van der Waals surface area contributed by atoms with Gasteiger partial charge in [0, 0.05) is 11.9 Å². The molecule has 0 aromatic carbocycles. The third-order valence-electron chi connectivity index (χ3n) is 1.44. The SMILES string of the molecule is C[Si](C)(CCCCN)OCl. The van der Waals surface area contributed by atoms with Gasteiger partial charge in [-0.25, -0.2) is 0 Å². The summed E-state index contributed by atoms with van der Waals surface area (Å²) in [6.45, 7) is 4.99. The number of unbranched alkanes of at least 4 members (excludes halogenated alkanes) is 1. The van der Waals surface area contributed by atoms with E-state index in [0.29, 0.717) is 0 Å². The van der Waals surface area contributed by atoms with Crippen LogP contribution in [0, 0.1) is 0 Å². The molecule has 0 aliphatic rings. The Bertz CT molecular complexity index is 89.8. The zero-order valence-electron chi connectivity index (χ0n) is 6.69. The fourth-order valence-electron chi connectivity index (χ4n) is 0.734. The first-order chi connectivity index (χ1) is 4.62. The Morgan fingerprint density at radius 2 is 2.00 bits per heavy atom. The monoisotopic (exact) mass is 181 g/mol. The molecule has 0 aliphatic heterocycles. The van der Waals surface area contributed by atoms with E-state index >= 15 is 0 Å². The lowest BCUT2D eigenvalue weighted by Gasteiger charge is -2.16. The van der Waals surface area contributed by atoms with Crippen molar-refractivity contribution in [2.75, 3.05) is 6.54 Å². The van der Waals surface area contributed by atoms with Crippen LogP contribution in [-0.2, 0) is 3.98 Å². The van der Waals surface area contributed by atoms with Crippen LogP contribution in [0.3, 0.4) is 0 Å². The average molecular weight is 182 g/mol. The standard InChI is InChI=1S/C6H16ClNOSi/c1-10(2,9-7)6-4-3-5-8/h3-6,8H2,1-2H3. The third kappa shape index (κ3) is 5.23. The second-order valence-electron chi connectivity index (χ2n) is 3.08. The average Bonchev–Trinajstić information content (AvgIpc) is 1.89. The maximum atomic E-state index is 5.34. The van der Waals surface area contributed by atoms with Crippen LogP contribution in [-0.4, -0.2) is 14.9 Å². The lowest BCUT2D eigenvalue weighted by Crippen LogP contribution is -2.25. The maximum Gasteiger partial charge on any atom is 0.214 e. The predicted octanol–water partition coefficient (Wildman–Crippen LogP) is 2.10. The Labute approximate surface area is 69.0 Å². The van der Waals surface area contributed by atoms with Crippen molar-refractivity contribution in [2.24, 2.45) is 5.73 Å². The second kappa shape index (κ2) is 5.13. The number of halogens is 1. The van der Waals surface area contributed by atoms with Gasteiger partial charge in [-0.05, 0) is 32.1 Å². The minimum Gasteiger partial charge on any atom is -0.330 e. The van der Waals surface area contributed by atoms with Gasteiger partial charge in [0.25, 0.3) is 0 Å². The number of rotatable bonds is 5. The zero-order chi connectivity index (χ0) is 8.04. The van der Waals surface area contributed by atoms with E-state index in [1.165, 1.54) is 0 Å². The van der Waals surface area contributed by atoms with E-state index in [9.17, 15) is 0 Å². The van der Waals surface area contributed by atoms with E-state index in [1.54, 1.807) is 0 Å². The molecule has 0 saturated heterocycles. The molecule has 0 aliphatic carbocycles. The van der Waals surface area contributed by atoms with Gasteiger partial charge in [0.05, 0.1) is 0 Å². The van der Waals surface area contributed by atoms with Crippen LogP contribution < -0.4 is 5.73 Å². The fourth-order valence-corrected chi connectivity index (χ4v) is 2.14. The van der Waals surface area contributed by atoms with Crippen molar-refractivity contribution in [1.82, 2.24) is 0 Å². The molecule has 4 heteroatoms. The molecule has 0 atom stereocenters. The lowest BCUT2D eigenvalue weighted by atomic mass is 10.3. The van der Waals surface area contributed by atoms with E-state index in [0.717, 1.165) is 25.4 Å². The van der Waals surface area contributed by atoms with Gasteiger partial charge in [0.1, 0.15) is 0 Å². The predicted molar refractivity (Wildman–Crippen MR) is 47.5 cm³/mol. The molecule has 0 aromatic rings. The summed E-state index contributed by atoms with van der Waals surface area (Å²) in [7, 11) is -1.50. The van der Waals surface area contributed by atoms with Gasteiger partial charge in [0.2, 0.25) is 8.32 Å². The van der Waals surface area contributed by atoms with Gasteiger partial charge >= 0.3 is 0 Å². The number of nitrogens with two attached hydrogens (primary N) is 1. The second-order valence-corrected chi connectivity index (χ2v) is 7.72. The molecule has 0 bridgehead atoms. The van der Waals surface area contributed by atoms with Gasteiger partial charge in [-0.3, -0.25) is 0 Å². The molecule has 0 saturated carbocycles. The first-order valence-corrected chi connectivity index (χ1v) is 7.04. The van der Waals surface area contributed by atoms with Crippen molar-refractivity contribution in [3.05, 3.63) is 0 Å². The highest BCUT2D eigenvalue weighted by molar-refractivity contribution is 6.74. The molecule has 0 aromatic heterocycles. The summed E-state index contributed by atoms with van der Waals surface area (Å²) in [6.07, 6.45) is 2.22. The Hall–Kier alpha value is 0.427. The highest BCUT2D eigenvalue weighted by Gasteiger charge is 2.21. The van der Waals surface area contributed by atoms with Gasteiger partial charge < -0.3 is 9.71 Å². The van der Waals surface area contributed by atoms with Crippen LogP contribution in [0.4, 0.5) is 0 Å². The van der Waals surface area contributed by atoms with Crippen molar-refractivity contribution >= 4 is 20.2 Å². The lowest BCUT2D eigenvalue weighted by molar-refractivity contribution is 0.598. The summed E-state index contributed by atoms with van der Waals surface area (Å²) in [4.78, 5) is 0. The smallest absolute Gasteiger partial charge is 0.214 e. The summed E-state index contributed by atoms with van der Waals surface area (Å²) in [5.41, 5.74) is 5.34. The Kier molecular flexibility index (Phi) is 5.35. The zero-order valence-corrected chi connectivity index (χ0v) is 8.45. The van der Waals surface area contributed by atoms with Crippen molar-refractivity contribution in [3.8, 4) is 0 Å². The minimum atomic E-state index is -1.50. The molecular weight excluding hydrogens is 166 g/mol. The summed E-state index contributed by atoms with van der Waals surface area (Å²) >= 11 is 5.30. The summed E-state index contributed by atoms with van der Waals surface area (Å²) in [5, 5.41) is 0. The molecule has 10 heavy (non-hydrogen) atoms. The van der Waals surface area contributed by atoms with E-state index < -0.39 is 8.32 Å². The van der Waals surface area contributed by atoms with Crippen molar-refractivity contribution in [3.63, 3.8) is 0 Å². The molecule has 0 amide bonds. The van der Waals surface area contributed by atoms with Gasteiger partial charge in [-0.1, -0.05) is 6.42 Å². The molecule has 0 unspecified atom stereocenters. The Morgan fingerprint density at radius 3 is 2.40 bits per heavy atom. The van der Waals surface area contributed by atoms with E-state index in [2.05, 4.69) is 13.1 Å². The van der Waals surface area contributed by atoms with E-state index in [-0.39, 0.29) is 0 Å². The minimum absolute atomic E-state index is 0.771. The van der Waals surface area contributed by atoms with Crippen molar-refractivity contribution in [2.45, 2.75) is 32.0 Å². The van der Waals surface area contributed by atoms with Crippen LogP contribution in [0.15, 0.2) is 0 Å². The Morgan fingerprint density at radius 1 is 1.40 bits per heavy atom. The molecular formula is C6H16ClNOSi. The largest absolute Gasteiger partial charge is 0.330 e. The molecule has 0 rings (SSSR count). The molecule has 0 spiro atoms. The van der Waals surface area contributed by atoms with Crippen LogP contribution in [0.5, 0.6) is 0 Å². The maximum absolute atomic E-state index is 5.34. The quantitative estimate of drug-likeness (QED) is 0.521. The molecule has 0 fully saturated rings. The van der Waals surface area contributed by atoms with E-state index in [1.807, 2.05) is 0 Å². The number of hydrogen-bond acceptors (Lipinski definition) is 2. The summed E-state index contributed by atoms with van der Waals surface area (Å²) in [6, 6.07) is 1.10. The first kappa shape index (κ1) is 10.4. The van der Waals surface area contributed by atoms with Crippen LogP contribution in [0.25, 0.3) is 0 Å². The van der Waals surface area contributed by atoms with E-state index in [4.69, 9.17) is 21.6 Å². The van der Waals surface area contributed by atoms with Gasteiger partial charge in [-0.2, -0.15) is 0 Å². The van der Waals surface area contributed by atoms with Crippen LogP contribution in [0.2, 0.25) is 19.1 Å². The molecule has 62 valence electrons. The first-order valence-electron chi connectivity index (χ1n) is 3.62. The molecule has 2 N–H and O–H groups in total. The summed E-state index contributed by atoms with van der Waals surface area (Å²) < 4.78 is 4.85. The Balaban J connectivity index is 3.28. The van der Waals surface area contributed by atoms with Crippen LogP contribution in [0.1, 0.15) is 12.8 Å². The molecule has 0 radical (unpaired) electrons. The van der Waals surface area contributed by atoms with Gasteiger partial charge in [-0.15, -0.1) is 0 Å². The fraction of sp³-hybridized carbons (Fsp3) is 1.00. The van der Waals surface area contributed by atoms with Gasteiger partial charge in [0.15, 0.2) is 0 Å². The van der Waals surface area contributed by atoms with Crippen molar-refractivity contribution < 1.29 is 3.98 Å². The topological polar surface area (TPSA) is 35.2 Å². The molecule has 2 nitrogen and oxygen atoms in total. The molecule has 0 heterocycles. The number of hydrogen-bond donors (Lipinski definition) is 1.